The van der Waals surface area contributed by atoms with E-state index in [-0.39, 0.29) is 0 Å². The number of hydrogen-bond donors (Lipinski definition) is 0. The highest BCUT2D eigenvalue weighted by atomic mass is 32.2. The van der Waals surface area contributed by atoms with E-state index in [2.05, 4.69) is 25.1 Å². The molecule has 0 spiro atoms. The molecule has 1 aromatic rings. The largest absolute Gasteiger partial charge is 0.476 e. The molecule has 0 amide bonds. The standard InChI is InChI=1S/C20H31NOS/c1-3-4-5-6-7-8-9-10-11-16-23-20-14-12-19(13-15-20)22-18(2)17-21/h12-15,18H,3-11,16H2,1-2H3/t18-/m1/s1. The van der Waals surface area contributed by atoms with Crippen molar-refractivity contribution in [2.45, 2.75) is 82.6 Å². The van der Waals surface area contributed by atoms with Gasteiger partial charge in [0.1, 0.15) is 11.8 Å². The molecule has 2 nitrogen and oxygen atoms in total. The van der Waals surface area contributed by atoms with Crippen molar-refractivity contribution >= 4 is 11.8 Å². The molecule has 0 N–H and O–H groups in total. The normalized spacial score (nSPS) is 11.9. The zero-order chi connectivity index (χ0) is 16.8. The number of nitriles is 1. The van der Waals surface area contributed by atoms with Gasteiger partial charge in [0.25, 0.3) is 0 Å². The minimum atomic E-state index is -0.393. The third-order valence-corrected chi connectivity index (χ3v) is 4.93. The van der Waals surface area contributed by atoms with E-state index in [9.17, 15) is 0 Å². The Balaban J connectivity index is 2.02. The maximum Gasteiger partial charge on any atom is 0.181 e. The van der Waals surface area contributed by atoms with Crippen LogP contribution in [0.2, 0.25) is 0 Å². The maximum absolute atomic E-state index is 8.73. The summed E-state index contributed by atoms with van der Waals surface area (Å²) >= 11 is 1.91. The summed E-state index contributed by atoms with van der Waals surface area (Å²) in [6, 6.07) is 10.1. The fraction of sp³-hybridized carbons (Fsp3) is 0.650. The van der Waals surface area contributed by atoms with E-state index in [1.54, 1.807) is 6.92 Å². The molecule has 0 fully saturated rings. The van der Waals surface area contributed by atoms with Gasteiger partial charge in [-0.2, -0.15) is 5.26 Å². The van der Waals surface area contributed by atoms with Gasteiger partial charge in [-0.15, -0.1) is 11.8 Å². The Labute approximate surface area is 146 Å². The number of nitrogens with zero attached hydrogens (tertiary/aromatic N) is 1. The van der Waals surface area contributed by atoms with Gasteiger partial charge in [-0.05, 0) is 43.4 Å². The van der Waals surface area contributed by atoms with Crippen LogP contribution < -0.4 is 4.74 Å². The Hall–Kier alpha value is -1.14. The second kappa shape index (κ2) is 13.3. The lowest BCUT2D eigenvalue weighted by Crippen LogP contribution is -2.07. The highest BCUT2D eigenvalue weighted by molar-refractivity contribution is 7.99. The maximum atomic E-state index is 8.73. The molecule has 0 saturated carbocycles. The van der Waals surface area contributed by atoms with Crippen LogP contribution in [-0.2, 0) is 0 Å². The summed E-state index contributed by atoms with van der Waals surface area (Å²) in [7, 11) is 0. The lowest BCUT2D eigenvalue weighted by molar-refractivity contribution is 0.276. The molecule has 0 heterocycles. The molecule has 128 valence electrons. The average molecular weight is 334 g/mol. The van der Waals surface area contributed by atoms with Crippen LogP contribution in [0.25, 0.3) is 0 Å². The SMILES string of the molecule is CCCCCCCCCCCSc1ccc(O[C@H](C)C#N)cc1. The number of rotatable bonds is 13. The Morgan fingerprint density at radius 2 is 1.52 bits per heavy atom. The predicted molar refractivity (Wildman–Crippen MR) is 100 cm³/mol. The van der Waals surface area contributed by atoms with Crippen molar-refractivity contribution < 1.29 is 4.74 Å². The molecule has 0 aliphatic heterocycles. The van der Waals surface area contributed by atoms with Gasteiger partial charge in [0.15, 0.2) is 6.10 Å². The molecule has 0 aliphatic rings. The molecule has 0 saturated heterocycles. The van der Waals surface area contributed by atoms with Crippen LogP contribution in [0.4, 0.5) is 0 Å². The van der Waals surface area contributed by atoms with Gasteiger partial charge in [0, 0.05) is 4.90 Å². The number of thioether (sulfide) groups is 1. The minimum absolute atomic E-state index is 0.393. The molecule has 3 heteroatoms. The van der Waals surface area contributed by atoms with Crippen molar-refractivity contribution in [3.05, 3.63) is 24.3 Å². The van der Waals surface area contributed by atoms with Crippen molar-refractivity contribution in [3.8, 4) is 11.8 Å². The molecular formula is C20H31NOS. The van der Waals surface area contributed by atoms with Crippen molar-refractivity contribution in [1.82, 2.24) is 0 Å². The first kappa shape index (κ1) is 19.9. The second-order valence-electron chi connectivity index (χ2n) is 6.04. The van der Waals surface area contributed by atoms with Crippen LogP contribution in [0.3, 0.4) is 0 Å². The highest BCUT2D eigenvalue weighted by Gasteiger charge is 2.01. The topological polar surface area (TPSA) is 33.0 Å². The monoisotopic (exact) mass is 333 g/mol. The smallest absolute Gasteiger partial charge is 0.181 e. The van der Waals surface area contributed by atoms with E-state index in [1.165, 1.54) is 68.4 Å². The van der Waals surface area contributed by atoms with Crippen LogP contribution in [0.1, 0.15) is 71.6 Å². The minimum Gasteiger partial charge on any atom is -0.476 e. The molecule has 1 rings (SSSR count). The van der Waals surface area contributed by atoms with Gasteiger partial charge in [0.05, 0.1) is 0 Å². The van der Waals surface area contributed by atoms with Crippen LogP contribution >= 0.6 is 11.8 Å². The van der Waals surface area contributed by atoms with E-state index >= 15 is 0 Å². The van der Waals surface area contributed by atoms with Gasteiger partial charge < -0.3 is 4.74 Å². The Morgan fingerprint density at radius 1 is 0.957 bits per heavy atom. The Morgan fingerprint density at radius 3 is 2.09 bits per heavy atom. The molecule has 1 atom stereocenters. The van der Waals surface area contributed by atoms with Gasteiger partial charge in [0.2, 0.25) is 0 Å². The Kier molecular flexibility index (Phi) is 11.5. The molecule has 0 radical (unpaired) electrons. The summed E-state index contributed by atoms with van der Waals surface area (Å²) in [4.78, 5) is 1.28. The molecule has 0 aromatic heterocycles. The molecule has 0 unspecified atom stereocenters. The van der Waals surface area contributed by atoms with Crippen LogP contribution in [0.15, 0.2) is 29.2 Å². The predicted octanol–water partition coefficient (Wildman–Crippen LogP) is 6.60. The summed E-state index contributed by atoms with van der Waals surface area (Å²) < 4.78 is 5.45. The number of unbranched alkanes of at least 4 members (excludes halogenated alkanes) is 8. The summed E-state index contributed by atoms with van der Waals surface area (Å²) in [5.74, 6) is 1.96. The average Bonchev–Trinajstić information content (AvgIpc) is 2.58. The molecule has 0 bridgehead atoms. The third kappa shape index (κ3) is 10.3. The second-order valence-corrected chi connectivity index (χ2v) is 7.21. The van der Waals surface area contributed by atoms with Gasteiger partial charge in [-0.25, -0.2) is 0 Å². The lowest BCUT2D eigenvalue weighted by Gasteiger charge is -2.08. The highest BCUT2D eigenvalue weighted by Crippen LogP contribution is 2.23. The number of benzene rings is 1. The lowest BCUT2D eigenvalue weighted by atomic mass is 10.1. The van der Waals surface area contributed by atoms with Gasteiger partial charge in [-0.1, -0.05) is 58.3 Å². The zero-order valence-electron chi connectivity index (χ0n) is 14.7. The van der Waals surface area contributed by atoms with E-state index < -0.39 is 6.10 Å². The summed E-state index contributed by atoms with van der Waals surface area (Å²) in [6.45, 7) is 4.03. The first-order chi connectivity index (χ1) is 11.3. The number of ether oxygens (including phenoxy) is 1. The van der Waals surface area contributed by atoms with Crippen LogP contribution in [0, 0.1) is 11.3 Å². The van der Waals surface area contributed by atoms with E-state index in [0.29, 0.717) is 0 Å². The van der Waals surface area contributed by atoms with Crippen molar-refractivity contribution in [1.29, 1.82) is 5.26 Å². The molecular weight excluding hydrogens is 302 g/mol. The van der Waals surface area contributed by atoms with Gasteiger partial charge >= 0.3 is 0 Å². The zero-order valence-corrected chi connectivity index (χ0v) is 15.5. The molecule has 0 aliphatic carbocycles. The van der Waals surface area contributed by atoms with E-state index in [1.807, 2.05) is 23.9 Å². The first-order valence-electron chi connectivity index (χ1n) is 9.05. The first-order valence-corrected chi connectivity index (χ1v) is 10.0. The van der Waals surface area contributed by atoms with E-state index in [4.69, 9.17) is 10.00 Å². The summed E-state index contributed by atoms with van der Waals surface area (Å²) in [5.41, 5.74) is 0. The third-order valence-electron chi connectivity index (χ3n) is 3.84. The van der Waals surface area contributed by atoms with Crippen molar-refractivity contribution in [2.75, 3.05) is 5.75 Å². The van der Waals surface area contributed by atoms with Crippen molar-refractivity contribution in [2.24, 2.45) is 0 Å². The van der Waals surface area contributed by atoms with E-state index in [0.717, 1.165) is 5.75 Å². The van der Waals surface area contributed by atoms with Gasteiger partial charge in [-0.3, -0.25) is 0 Å². The fourth-order valence-electron chi connectivity index (χ4n) is 2.45. The summed E-state index contributed by atoms with van der Waals surface area (Å²) in [5, 5.41) is 8.73. The van der Waals surface area contributed by atoms with Crippen LogP contribution in [-0.4, -0.2) is 11.9 Å². The fourth-order valence-corrected chi connectivity index (χ4v) is 3.36. The van der Waals surface area contributed by atoms with Crippen molar-refractivity contribution in [3.63, 3.8) is 0 Å². The molecule has 23 heavy (non-hydrogen) atoms. The summed E-state index contributed by atoms with van der Waals surface area (Å²) in [6.07, 6.45) is 12.0. The molecule has 1 aromatic carbocycles. The number of hydrogen-bond acceptors (Lipinski definition) is 3. The Bertz CT molecular complexity index is 438. The quantitative estimate of drug-likeness (QED) is 0.301. The van der Waals surface area contributed by atoms with Crippen LogP contribution in [0.5, 0.6) is 5.75 Å².